The van der Waals surface area contributed by atoms with Gasteiger partial charge < -0.3 is 5.32 Å². The maximum atomic E-state index is 13.2. The number of nitrogens with one attached hydrogen (secondary N) is 1. The number of carbonyl (C=O) groups excluding carboxylic acids is 1. The zero-order valence-electron chi connectivity index (χ0n) is 17.0. The van der Waals surface area contributed by atoms with E-state index in [4.69, 9.17) is 0 Å². The molecule has 2 aromatic carbocycles. The van der Waals surface area contributed by atoms with Gasteiger partial charge >= 0.3 is 10.2 Å². The number of amides is 1. The first kappa shape index (κ1) is 23.8. The van der Waals surface area contributed by atoms with Gasteiger partial charge in [-0.25, -0.2) is 17.1 Å². The number of carbonyl (C=O) groups is 1. The fourth-order valence-corrected chi connectivity index (χ4v) is 4.31. The molecule has 0 aliphatic heterocycles. The van der Waals surface area contributed by atoms with E-state index < -0.39 is 44.4 Å². The topological polar surface area (TPSA) is 104 Å². The molecule has 1 amide bonds. The monoisotopic (exact) mass is 457 g/mol. The van der Waals surface area contributed by atoms with Crippen LogP contribution in [0, 0.1) is 5.82 Å². The largest absolute Gasteiger partial charge is 0.348 e. The van der Waals surface area contributed by atoms with E-state index in [9.17, 15) is 26.0 Å². The molecule has 0 heterocycles. The maximum Gasteiger partial charge on any atom is 0.304 e. The molecule has 1 atom stereocenters. The quantitative estimate of drug-likeness (QED) is 0.650. The van der Waals surface area contributed by atoms with Gasteiger partial charge in [0.15, 0.2) is 9.84 Å². The zero-order valence-corrected chi connectivity index (χ0v) is 18.7. The highest BCUT2D eigenvalue weighted by Gasteiger charge is 2.27. The molecule has 8 nitrogen and oxygen atoms in total. The fourth-order valence-electron chi connectivity index (χ4n) is 2.62. The summed E-state index contributed by atoms with van der Waals surface area (Å²) >= 11 is 0. The number of sulfone groups is 1. The van der Waals surface area contributed by atoms with Crippen LogP contribution in [0.3, 0.4) is 0 Å². The highest BCUT2D eigenvalue weighted by molar-refractivity contribution is 7.90. The van der Waals surface area contributed by atoms with Crippen molar-refractivity contribution in [2.75, 3.05) is 31.2 Å². The van der Waals surface area contributed by atoms with Crippen LogP contribution in [0.2, 0.25) is 0 Å². The van der Waals surface area contributed by atoms with Gasteiger partial charge in [0.1, 0.15) is 12.4 Å². The normalized spacial score (nSPS) is 13.1. The van der Waals surface area contributed by atoms with Gasteiger partial charge in [-0.3, -0.25) is 4.79 Å². The molecule has 2 aromatic rings. The lowest BCUT2D eigenvalue weighted by Crippen LogP contribution is -2.46. The second kappa shape index (κ2) is 9.11. The summed E-state index contributed by atoms with van der Waals surface area (Å²) in [4.78, 5) is 12.7. The van der Waals surface area contributed by atoms with Crippen LogP contribution in [0.4, 0.5) is 10.1 Å². The molecule has 0 fully saturated rings. The van der Waals surface area contributed by atoms with Crippen LogP contribution in [0.5, 0.6) is 0 Å². The molecule has 0 saturated heterocycles. The molecule has 164 valence electrons. The maximum absolute atomic E-state index is 13.2. The lowest BCUT2D eigenvalue weighted by Gasteiger charge is -2.27. The number of hydrogen-bond acceptors (Lipinski definition) is 5. The van der Waals surface area contributed by atoms with Gasteiger partial charge in [0.2, 0.25) is 5.91 Å². The Morgan fingerprint density at radius 3 is 2.00 bits per heavy atom. The Hall–Kier alpha value is -2.50. The first-order chi connectivity index (χ1) is 13.8. The van der Waals surface area contributed by atoms with Crippen LogP contribution in [0.15, 0.2) is 53.4 Å². The number of anilines is 1. The van der Waals surface area contributed by atoms with Crippen molar-refractivity contribution >= 4 is 31.6 Å². The second-order valence-electron chi connectivity index (χ2n) is 6.90. The van der Waals surface area contributed by atoms with Crippen molar-refractivity contribution in [3.63, 3.8) is 0 Å². The first-order valence-electron chi connectivity index (χ1n) is 8.87. The summed E-state index contributed by atoms with van der Waals surface area (Å²) in [5.41, 5.74) is 0.796. The molecule has 0 aromatic heterocycles. The molecule has 0 aliphatic carbocycles. The molecule has 0 unspecified atom stereocenters. The Kier molecular flexibility index (Phi) is 7.22. The SMILES string of the molecule is C[C@@H](NC(=O)CN(c1ccc(F)cc1)S(=O)(=O)N(C)C)c1ccc(S(C)(=O)=O)cc1. The van der Waals surface area contributed by atoms with Crippen molar-refractivity contribution in [3.05, 3.63) is 59.9 Å². The van der Waals surface area contributed by atoms with Crippen molar-refractivity contribution in [1.29, 1.82) is 0 Å². The van der Waals surface area contributed by atoms with Crippen molar-refractivity contribution in [2.24, 2.45) is 0 Å². The van der Waals surface area contributed by atoms with E-state index in [-0.39, 0.29) is 10.6 Å². The number of nitrogens with zero attached hydrogens (tertiary/aromatic N) is 2. The minimum Gasteiger partial charge on any atom is -0.348 e. The Morgan fingerprint density at radius 2 is 1.53 bits per heavy atom. The lowest BCUT2D eigenvalue weighted by atomic mass is 10.1. The van der Waals surface area contributed by atoms with Crippen LogP contribution in [0.1, 0.15) is 18.5 Å². The molecule has 0 spiro atoms. The Morgan fingerprint density at radius 1 is 1.00 bits per heavy atom. The fraction of sp³-hybridized carbons (Fsp3) is 0.316. The van der Waals surface area contributed by atoms with Gasteiger partial charge in [-0.15, -0.1) is 0 Å². The first-order valence-corrected chi connectivity index (χ1v) is 12.2. The summed E-state index contributed by atoms with van der Waals surface area (Å²) in [7, 11) is -4.68. The third-order valence-corrected chi connectivity index (χ3v) is 7.28. The van der Waals surface area contributed by atoms with Crippen molar-refractivity contribution in [2.45, 2.75) is 17.9 Å². The lowest BCUT2D eigenvalue weighted by molar-refractivity contribution is -0.120. The van der Waals surface area contributed by atoms with Gasteiger partial charge in [0.25, 0.3) is 0 Å². The summed E-state index contributed by atoms with van der Waals surface area (Å²) in [5, 5.41) is 2.69. The third kappa shape index (κ3) is 5.77. The molecular weight excluding hydrogens is 433 g/mol. The average molecular weight is 458 g/mol. The highest BCUT2D eigenvalue weighted by atomic mass is 32.2. The summed E-state index contributed by atoms with van der Waals surface area (Å²) in [5.74, 6) is -1.11. The van der Waals surface area contributed by atoms with Crippen molar-refractivity contribution < 1.29 is 26.0 Å². The van der Waals surface area contributed by atoms with E-state index in [2.05, 4.69) is 5.32 Å². The van der Waals surface area contributed by atoms with Crippen LogP contribution in [0.25, 0.3) is 0 Å². The van der Waals surface area contributed by atoms with Crippen molar-refractivity contribution in [1.82, 2.24) is 9.62 Å². The third-order valence-electron chi connectivity index (χ3n) is 4.33. The van der Waals surface area contributed by atoms with E-state index in [0.717, 1.165) is 27.0 Å². The summed E-state index contributed by atoms with van der Waals surface area (Å²) in [6, 6.07) is 10.3. The van der Waals surface area contributed by atoms with E-state index in [0.29, 0.717) is 5.56 Å². The van der Waals surface area contributed by atoms with Gasteiger partial charge in [-0.1, -0.05) is 12.1 Å². The number of benzene rings is 2. The number of rotatable bonds is 8. The Bertz CT molecular complexity index is 1100. The number of hydrogen-bond donors (Lipinski definition) is 1. The van der Waals surface area contributed by atoms with E-state index in [1.165, 1.54) is 38.4 Å². The van der Waals surface area contributed by atoms with Crippen molar-refractivity contribution in [3.8, 4) is 0 Å². The molecule has 0 aliphatic rings. The van der Waals surface area contributed by atoms with Crippen LogP contribution < -0.4 is 9.62 Å². The molecule has 2 rings (SSSR count). The summed E-state index contributed by atoms with van der Waals surface area (Å²) in [6.07, 6.45) is 1.10. The number of halogens is 1. The van der Waals surface area contributed by atoms with Gasteiger partial charge in [-0.05, 0) is 48.9 Å². The van der Waals surface area contributed by atoms with E-state index >= 15 is 0 Å². The highest BCUT2D eigenvalue weighted by Crippen LogP contribution is 2.21. The standard InChI is InChI=1S/C19H24FN3O5S2/c1-14(15-5-11-18(12-6-15)29(4,25)26)21-19(24)13-23(30(27,28)22(2)3)17-9-7-16(20)8-10-17/h5-12,14H,13H2,1-4H3,(H,21,24)/t14-/m1/s1. The Balaban J connectivity index is 2.20. The predicted molar refractivity (Wildman–Crippen MR) is 112 cm³/mol. The molecular formula is C19H24FN3O5S2. The minimum absolute atomic E-state index is 0.144. The summed E-state index contributed by atoms with van der Waals surface area (Å²) < 4.78 is 63.5. The minimum atomic E-state index is -4.01. The van der Waals surface area contributed by atoms with Gasteiger partial charge in [-0.2, -0.15) is 12.7 Å². The molecule has 0 bridgehead atoms. The molecule has 11 heteroatoms. The second-order valence-corrected chi connectivity index (χ2v) is 11.0. The zero-order chi connectivity index (χ0) is 22.7. The molecule has 30 heavy (non-hydrogen) atoms. The van der Waals surface area contributed by atoms with Crippen LogP contribution in [-0.4, -0.2) is 53.9 Å². The van der Waals surface area contributed by atoms with E-state index in [1.54, 1.807) is 19.1 Å². The molecule has 0 saturated carbocycles. The smallest absolute Gasteiger partial charge is 0.304 e. The Labute approximate surface area is 176 Å². The summed E-state index contributed by atoms with van der Waals surface area (Å²) in [6.45, 7) is 1.17. The average Bonchev–Trinajstić information content (AvgIpc) is 2.66. The van der Waals surface area contributed by atoms with Gasteiger partial charge in [0, 0.05) is 20.4 Å². The molecule has 1 N–H and O–H groups in total. The van der Waals surface area contributed by atoms with Crippen LogP contribution >= 0.6 is 0 Å². The van der Waals surface area contributed by atoms with Crippen LogP contribution in [-0.2, 0) is 24.8 Å². The van der Waals surface area contributed by atoms with E-state index in [1.807, 2.05) is 0 Å². The predicted octanol–water partition coefficient (Wildman–Crippen LogP) is 1.72. The van der Waals surface area contributed by atoms with Gasteiger partial charge in [0.05, 0.1) is 16.6 Å². The molecule has 0 radical (unpaired) electrons.